The molecule has 0 bridgehead atoms. The number of amides is 1. The van der Waals surface area contributed by atoms with Gasteiger partial charge in [0.25, 0.3) is 15.9 Å². The zero-order valence-electron chi connectivity index (χ0n) is 18.9. The highest BCUT2D eigenvalue weighted by Crippen LogP contribution is 2.32. The molecule has 34 heavy (non-hydrogen) atoms. The molecule has 0 aromatic heterocycles. The van der Waals surface area contributed by atoms with Gasteiger partial charge in [0.15, 0.2) is 11.5 Å². The van der Waals surface area contributed by atoms with Gasteiger partial charge in [0.05, 0.1) is 16.8 Å². The SMILES string of the molecule is Cc1cccc(N(CC(=O)N/N=C\c2cccc3c2OCCO3)S(=O)(=O)c2ccccc2)c1C. The molecule has 1 amide bonds. The van der Waals surface area contributed by atoms with Gasteiger partial charge in [-0.05, 0) is 55.3 Å². The van der Waals surface area contributed by atoms with Crippen LogP contribution in [0.15, 0.2) is 76.7 Å². The van der Waals surface area contributed by atoms with Crippen LogP contribution in [0.3, 0.4) is 0 Å². The van der Waals surface area contributed by atoms with Crippen LogP contribution in [0.4, 0.5) is 5.69 Å². The molecule has 0 radical (unpaired) electrons. The molecule has 0 fully saturated rings. The number of benzene rings is 3. The monoisotopic (exact) mass is 479 g/mol. The zero-order valence-corrected chi connectivity index (χ0v) is 19.7. The molecule has 3 aromatic rings. The van der Waals surface area contributed by atoms with Gasteiger partial charge in [-0.1, -0.05) is 36.4 Å². The van der Waals surface area contributed by atoms with E-state index in [1.54, 1.807) is 48.5 Å². The Bertz CT molecular complexity index is 1320. The molecule has 0 saturated heterocycles. The summed E-state index contributed by atoms with van der Waals surface area (Å²) >= 11 is 0. The predicted molar refractivity (Wildman–Crippen MR) is 130 cm³/mol. The van der Waals surface area contributed by atoms with Crippen molar-refractivity contribution in [3.63, 3.8) is 0 Å². The summed E-state index contributed by atoms with van der Waals surface area (Å²) < 4.78 is 39.2. The molecule has 9 heteroatoms. The first kappa shape index (κ1) is 23.3. The molecule has 3 aromatic carbocycles. The predicted octanol–water partition coefficient (Wildman–Crippen LogP) is 3.42. The highest BCUT2D eigenvalue weighted by molar-refractivity contribution is 7.92. The smallest absolute Gasteiger partial charge is 0.264 e. The summed E-state index contributed by atoms with van der Waals surface area (Å²) in [7, 11) is -3.99. The van der Waals surface area contributed by atoms with E-state index in [2.05, 4.69) is 10.5 Å². The number of nitrogens with one attached hydrogen (secondary N) is 1. The molecule has 0 spiro atoms. The van der Waals surface area contributed by atoms with Crippen molar-refractivity contribution in [3.05, 3.63) is 83.4 Å². The Hall–Kier alpha value is -3.85. The van der Waals surface area contributed by atoms with E-state index in [4.69, 9.17) is 9.47 Å². The number of hydrogen-bond acceptors (Lipinski definition) is 6. The van der Waals surface area contributed by atoms with Crippen molar-refractivity contribution in [2.45, 2.75) is 18.7 Å². The maximum Gasteiger partial charge on any atom is 0.264 e. The van der Waals surface area contributed by atoms with E-state index in [0.29, 0.717) is 36.0 Å². The van der Waals surface area contributed by atoms with Gasteiger partial charge in [0.2, 0.25) is 0 Å². The first-order valence-corrected chi connectivity index (χ1v) is 12.2. The number of anilines is 1. The van der Waals surface area contributed by atoms with E-state index in [9.17, 15) is 13.2 Å². The fourth-order valence-electron chi connectivity index (χ4n) is 3.56. The van der Waals surface area contributed by atoms with Gasteiger partial charge >= 0.3 is 0 Å². The van der Waals surface area contributed by atoms with Gasteiger partial charge in [0.1, 0.15) is 19.8 Å². The van der Waals surface area contributed by atoms with Crippen molar-refractivity contribution < 1.29 is 22.7 Å². The molecule has 1 aliphatic heterocycles. The second kappa shape index (κ2) is 9.96. The van der Waals surface area contributed by atoms with Gasteiger partial charge in [-0.3, -0.25) is 9.10 Å². The number of carbonyl (C=O) groups is 1. The summed E-state index contributed by atoms with van der Waals surface area (Å²) in [5.41, 5.74) is 5.19. The third-order valence-electron chi connectivity index (χ3n) is 5.45. The quantitative estimate of drug-likeness (QED) is 0.414. The summed E-state index contributed by atoms with van der Waals surface area (Å²) in [6.07, 6.45) is 1.44. The van der Waals surface area contributed by atoms with Crippen molar-refractivity contribution >= 4 is 27.8 Å². The van der Waals surface area contributed by atoms with Crippen LogP contribution >= 0.6 is 0 Å². The van der Waals surface area contributed by atoms with E-state index < -0.39 is 22.5 Å². The number of ether oxygens (including phenoxy) is 2. The molecular formula is C25H25N3O5S. The number of para-hydroxylation sites is 1. The topological polar surface area (TPSA) is 97.3 Å². The highest BCUT2D eigenvalue weighted by atomic mass is 32.2. The van der Waals surface area contributed by atoms with Crippen molar-refractivity contribution in [3.8, 4) is 11.5 Å². The summed E-state index contributed by atoms with van der Waals surface area (Å²) in [6.45, 7) is 4.17. The number of rotatable bonds is 7. The van der Waals surface area contributed by atoms with Crippen LogP contribution in [-0.4, -0.2) is 40.3 Å². The lowest BCUT2D eigenvalue weighted by atomic mass is 10.1. The van der Waals surface area contributed by atoms with Crippen LogP contribution in [-0.2, 0) is 14.8 Å². The fraction of sp³-hybridized carbons (Fsp3) is 0.200. The molecule has 0 atom stereocenters. The number of hydrogen-bond donors (Lipinski definition) is 1. The van der Waals surface area contributed by atoms with Crippen LogP contribution in [0.5, 0.6) is 11.5 Å². The molecule has 1 N–H and O–H groups in total. The Morgan fingerprint density at radius 2 is 1.74 bits per heavy atom. The molecule has 0 unspecified atom stereocenters. The van der Waals surface area contributed by atoms with Crippen molar-refractivity contribution in [1.82, 2.24) is 5.43 Å². The Kier molecular flexibility index (Phi) is 6.83. The minimum absolute atomic E-state index is 0.0975. The van der Waals surface area contributed by atoms with E-state index in [0.717, 1.165) is 15.4 Å². The van der Waals surface area contributed by atoms with Gasteiger partial charge in [0, 0.05) is 5.56 Å². The lowest BCUT2D eigenvalue weighted by molar-refractivity contribution is -0.119. The summed E-state index contributed by atoms with van der Waals surface area (Å²) in [5, 5.41) is 4.01. The first-order valence-electron chi connectivity index (χ1n) is 10.7. The van der Waals surface area contributed by atoms with Crippen LogP contribution in [0.2, 0.25) is 0 Å². The summed E-state index contributed by atoms with van der Waals surface area (Å²) in [5.74, 6) is 0.575. The summed E-state index contributed by atoms with van der Waals surface area (Å²) in [4.78, 5) is 12.9. The minimum atomic E-state index is -3.99. The van der Waals surface area contributed by atoms with Crippen LogP contribution in [0, 0.1) is 13.8 Å². The maximum atomic E-state index is 13.5. The van der Waals surface area contributed by atoms with Gasteiger partial charge in [-0.15, -0.1) is 0 Å². The number of fused-ring (bicyclic) bond motifs is 1. The van der Waals surface area contributed by atoms with Crippen LogP contribution in [0.1, 0.15) is 16.7 Å². The second-order valence-electron chi connectivity index (χ2n) is 7.71. The highest BCUT2D eigenvalue weighted by Gasteiger charge is 2.28. The van der Waals surface area contributed by atoms with Gasteiger partial charge in [-0.2, -0.15) is 5.10 Å². The van der Waals surface area contributed by atoms with E-state index in [1.165, 1.54) is 18.3 Å². The first-order chi connectivity index (χ1) is 16.4. The number of hydrazone groups is 1. The maximum absolute atomic E-state index is 13.5. The van der Waals surface area contributed by atoms with Crippen molar-refractivity contribution in [2.24, 2.45) is 5.10 Å². The number of sulfonamides is 1. The lowest BCUT2D eigenvalue weighted by Gasteiger charge is -2.26. The molecule has 1 aliphatic rings. The summed E-state index contributed by atoms with van der Waals surface area (Å²) in [6, 6.07) is 18.7. The molecule has 4 rings (SSSR count). The molecule has 1 heterocycles. The number of carbonyl (C=O) groups excluding carboxylic acids is 1. The molecule has 8 nitrogen and oxygen atoms in total. The second-order valence-corrected chi connectivity index (χ2v) is 9.57. The average Bonchev–Trinajstić information content (AvgIpc) is 2.85. The number of nitrogens with zero attached hydrogens (tertiary/aromatic N) is 2. The van der Waals surface area contributed by atoms with Crippen LogP contribution in [0.25, 0.3) is 0 Å². The number of aryl methyl sites for hydroxylation is 1. The lowest BCUT2D eigenvalue weighted by Crippen LogP contribution is -2.40. The van der Waals surface area contributed by atoms with Crippen molar-refractivity contribution in [2.75, 3.05) is 24.1 Å². The molecule has 0 saturated carbocycles. The molecule has 0 aliphatic carbocycles. The van der Waals surface area contributed by atoms with Gasteiger partial charge in [-0.25, -0.2) is 13.8 Å². The third-order valence-corrected chi connectivity index (χ3v) is 7.23. The largest absolute Gasteiger partial charge is 0.486 e. The Morgan fingerprint density at radius 1 is 1.00 bits per heavy atom. The Balaban J connectivity index is 1.58. The molecular weight excluding hydrogens is 454 g/mol. The third kappa shape index (κ3) is 4.89. The van der Waals surface area contributed by atoms with Gasteiger partial charge < -0.3 is 9.47 Å². The Morgan fingerprint density at radius 3 is 2.53 bits per heavy atom. The average molecular weight is 480 g/mol. The van der Waals surface area contributed by atoms with E-state index in [-0.39, 0.29) is 4.90 Å². The minimum Gasteiger partial charge on any atom is -0.486 e. The van der Waals surface area contributed by atoms with E-state index in [1.807, 2.05) is 19.9 Å². The standard InChI is InChI=1S/C25H25N3O5S/c1-18-8-6-12-22(19(18)2)28(34(30,31)21-10-4-3-5-11-21)17-24(29)27-26-16-20-9-7-13-23-25(20)33-15-14-32-23/h3-13,16H,14-15,17H2,1-2H3,(H,27,29)/b26-16-. The normalized spacial score (nSPS) is 13.0. The Labute approximate surface area is 198 Å². The zero-order chi connectivity index (χ0) is 24.1. The van der Waals surface area contributed by atoms with E-state index >= 15 is 0 Å². The molecule has 176 valence electrons. The van der Waals surface area contributed by atoms with Crippen LogP contribution < -0.4 is 19.2 Å². The van der Waals surface area contributed by atoms with Crippen molar-refractivity contribution in [1.29, 1.82) is 0 Å². The fourth-order valence-corrected chi connectivity index (χ4v) is 5.06.